The number of carbonyl (C=O) groups excluding carboxylic acids is 1. The van der Waals surface area contributed by atoms with Crippen LogP contribution in [0.15, 0.2) is 24.3 Å². The highest BCUT2D eigenvalue weighted by Gasteiger charge is 2.09. The van der Waals surface area contributed by atoms with Crippen molar-refractivity contribution in [1.29, 1.82) is 0 Å². The first kappa shape index (κ1) is 12.4. The molecule has 4 nitrogen and oxygen atoms in total. The SMILES string of the molecule is CN(CC(N)=S)C(=O)Nc1ccc(F)cc1. The van der Waals surface area contributed by atoms with Crippen molar-refractivity contribution in [3.8, 4) is 0 Å². The molecule has 0 aliphatic carbocycles. The lowest BCUT2D eigenvalue weighted by molar-refractivity contribution is 0.228. The Kier molecular flexibility index (Phi) is 4.19. The number of likely N-dealkylation sites (N-methyl/N-ethyl adjacent to an activating group) is 1. The van der Waals surface area contributed by atoms with Crippen molar-refractivity contribution in [3.05, 3.63) is 30.1 Å². The Morgan fingerprint density at radius 3 is 2.56 bits per heavy atom. The number of hydrogen-bond acceptors (Lipinski definition) is 2. The van der Waals surface area contributed by atoms with Crippen molar-refractivity contribution in [3.63, 3.8) is 0 Å². The number of nitrogens with one attached hydrogen (secondary N) is 1. The number of nitrogens with two attached hydrogens (primary N) is 1. The molecule has 0 spiro atoms. The second-order valence-electron chi connectivity index (χ2n) is 3.26. The predicted molar refractivity (Wildman–Crippen MR) is 64.8 cm³/mol. The summed E-state index contributed by atoms with van der Waals surface area (Å²) in [5.74, 6) is -0.352. The Bertz CT molecular complexity index is 394. The molecule has 86 valence electrons. The molecule has 0 heterocycles. The maximum absolute atomic E-state index is 12.6. The molecule has 0 atom stereocenters. The van der Waals surface area contributed by atoms with Crippen LogP contribution in [-0.4, -0.2) is 29.5 Å². The fourth-order valence-corrected chi connectivity index (χ4v) is 1.25. The van der Waals surface area contributed by atoms with Crippen molar-refractivity contribution in [2.45, 2.75) is 0 Å². The van der Waals surface area contributed by atoms with Crippen LogP contribution in [0.4, 0.5) is 14.9 Å². The molecule has 2 amide bonds. The molecule has 1 aromatic rings. The average molecular weight is 241 g/mol. The number of hydrogen-bond donors (Lipinski definition) is 2. The van der Waals surface area contributed by atoms with Crippen LogP contribution in [-0.2, 0) is 0 Å². The third-order valence-corrected chi connectivity index (χ3v) is 1.96. The van der Waals surface area contributed by atoms with Crippen molar-refractivity contribution in [1.82, 2.24) is 4.90 Å². The largest absolute Gasteiger partial charge is 0.392 e. The number of halogens is 1. The van der Waals surface area contributed by atoms with Crippen molar-refractivity contribution < 1.29 is 9.18 Å². The summed E-state index contributed by atoms with van der Waals surface area (Å²) in [5, 5.41) is 2.58. The molecule has 0 radical (unpaired) electrons. The molecule has 6 heteroatoms. The van der Waals surface area contributed by atoms with Crippen LogP contribution in [0.3, 0.4) is 0 Å². The van der Waals surface area contributed by atoms with Crippen molar-refractivity contribution in [2.24, 2.45) is 5.73 Å². The molecule has 0 aliphatic rings. The Morgan fingerprint density at radius 2 is 2.06 bits per heavy atom. The summed E-state index contributed by atoms with van der Waals surface area (Å²) in [4.78, 5) is 13.1. The lowest BCUT2D eigenvalue weighted by Gasteiger charge is -2.16. The molecule has 0 saturated carbocycles. The van der Waals surface area contributed by atoms with Gasteiger partial charge in [-0.1, -0.05) is 12.2 Å². The minimum absolute atomic E-state index is 0.197. The normalized spacial score (nSPS) is 9.62. The third-order valence-electron chi connectivity index (χ3n) is 1.84. The summed E-state index contributed by atoms with van der Waals surface area (Å²) in [7, 11) is 1.57. The summed E-state index contributed by atoms with van der Waals surface area (Å²) in [6.45, 7) is 0.197. The maximum atomic E-state index is 12.6. The van der Waals surface area contributed by atoms with E-state index in [4.69, 9.17) is 5.73 Å². The molecule has 0 fully saturated rings. The Morgan fingerprint density at radius 1 is 1.50 bits per heavy atom. The number of benzene rings is 1. The highest BCUT2D eigenvalue weighted by Crippen LogP contribution is 2.08. The smallest absolute Gasteiger partial charge is 0.321 e. The van der Waals surface area contributed by atoms with Gasteiger partial charge in [-0.3, -0.25) is 0 Å². The van der Waals surface area contributed by atoms with E-state index in [0.717, 1.165) is 0 Å². The van der Waals surface area contributed by atoms with Gasteiger partial charge in [0.25, 0.3) is 0 Å². The Balaban J connectivity index is 2.57. The molecular weight excluding hydrogens is 229 g/mol. The number of carbonyl (C=O) groups is 1. The zero-order valence-electron chi connectivity index (χ0n) is 8.74. The highest BCUT2D eigenvalue weighted by atomic mass is 32.1. The summed E-state index contributed by atoms with van der Waals surface area (Å²) in [6.07, 6.45) is 0. The summed E-state index contributed by atoms with van der Waals surface area (Å²) >= 11 is 4.68. The first-order chi connectivity index (χ1) is 7.49. The maximum Gasteiger partial charge on any atom is 0.321 e. The molecule has 0 saturated heterocycles. The Hall–Kier alpha value is -1.69. The summed E-state index contributed by atoms with van der Waals surface area (Å²) < 4.78 is 12.6. The van der Waals surface area contributed by atoms with E-state index in [-0.39, 0.29) is 23.4 Å². The van der Waals surface area contributed by atoms with E-state index in [0.29, 0.717) is 5.69 Å². The number of thiocarbonyl (C=S) groups is 1. The molecule has 1 aromatic carbocycles. The lowest BCUT2D eigenvalue weighted by Crippen LogP contribution is -2.37. The minimum Gasteiger partial charge on any atom is -0.392 e. The molecule has 16 heavy (non-hydrogen) atoms. The van der Waals surface area contributed by atoms with Gasteiger partial charge in [-0.2, -0.15) is 0 Å². The lowest BCUT2D eigenvalue weighted by atomic mass is 10.3. The number of urea groups is 1. The van der Waals surface area contributed by atoms with E-state index in [1.165, 1.54) is 29.2 Å². The van der Waals surface area contributed by atoms with E-state index in [2.05, 4.69) is 17.5 Å². The van der Waals surface area contributed by atoms with Crippen LogP contribution in [0.2, 0.25) is 0 Å². The second-order valence-corrected chi connectivity index (χ2v) is 3.78. The van der Waals surface area contributed by atoms with Crippen molar-refractivity contribution >= 4 is 28.9 Å². The molecular formula is C10H12FN3OS. The van der Waals surface area contributed by atoms with Gasteiger partial charge in [0.2, 0.25) is 0 Å². The van der Waals surface area contributed by atoms with Gasteiger partial charge < -0.3 is 16.0 Å². The molecule has 0 bridgehead atoms. The highest BCUT2D eigenvalue weighted by molar-refractivity contribution is 7.80. The predicted octanol–water partition coefficient (Wildman–Crippen LogP) is 1.58. The zero-order chi connectivity index (χ0) is 12.1. The van der Waals surface area contributed by atoms with Gasteiger partial charge in [-0.15, -0.1) is 0 Å². The fraction of sp³-hybridized carbons (Fsp3) is 0.200. The third kappa shape index (κ3) is 3.82. The van der Waals surface area contributed by atoms with Crippen LogP contribution in [0.5, 0.6) is 0 Å². The summed E-state index contributed by atoms with van der Waals surface area (Å²) in [5.41, 5.74) is 5.82. The van der Waals surface area contributed by atoms with Gasteiger partial charge in [0.15, 0.2) is 0 Å². The van der Waals surface area contributed by atoms with Crippen LogP contribution >= 0.6 is 12.2 Å². The van der Waals surface area contributed by atoms with E-state index in [9.17, 15) is 9.18 Å². The van der Waals surface area contributed by atoms with Crippen LogP contribution in [0, 0.1) is 5.82 Å². The minimum atomic E-state index is -0.352. The van der Waals surface area contributed by atoms with Gasteiger partial charge in [-0.05, 0) is 24.3 Å². The quantitative estimate of drug-likeness (QED) is 0.790. The van der Waals surface area contributed by atoms with E-state index < -0.39 is 0 Å². The van der Waals surface area contributed by atoms with Crippen LogP contribution < -0.4 is 11.1 Å². The molecule has 0 aliphatic heterocycles. The molecule has 0 unspecified atom stereocenters. The number of nitrogens with zero attached hydrogens (tertiary/aromatic N) is 1. The van der Waals surface area contributed by atoms with E-state index in [1.807, 2.05) is 0 Å². The summed E-state index contributed by atoms with van der Waals surface area (Å²) in [6, 6.07) is 5.13. The molecule has 0 aromatic heterocycles. The zero-order valence-corrected chi connectivity index (χ0v) is 9.55. The van der Waals surface area contributed by atoms with Gasteiger partial charge in [0.05, 0.1) is 11.5 Å². The van der Waals surface area contributed by atoms with Gasteiger partial charge >= 0.3 is 6.03 Å². The number of amides is 2. The van der Waals surface area contributed by atoms with E-state index in [1.54, 1.807) is 7.05 Å². The molecule has 3 N–H and O–H groups in total. The first-order valence-electron chi connectivity index (χ1n) is 4.55. The topological polar surface area (TPSA) is 58.4 Å². The number of anilines is 1. The van der Waals surface area contributed by atoms with E-state index >= 15 is 0 Å². The van der Waals surface area contributed by atoms with Gasteiger partial charge in [0.1, 0.15) is 5.82 Å². The number of rotatable bonds is 3. The first-order valence-corrected chi connectivity index (χ1v) is 4.96. The van der Waals surface area contributed by atoms with Crippen LogP contribution in [0.1, 0.15) is 0 Å². The van der Waals surface area contributed by atoms with Gasteiger partial charge in [0, 0.05) is 12.7 Å². The fourth-order valence-electron chi connectivity index (χ4n) is 1.06. The van der Waals surface area contributed by atoms with Crippen LogP contribution in [0.25, 0.3) is 0 Å². The molecule has 1 rings (SSSR count). The monoisotopic (exact) mass is 241 g/mol. The standard InChI is InChI=1S/C10H12FN3OS/c1-14(6-9(12)16)10(15)13-8-4-2-7(11)3-5-8/h2-5H,6H2,1H3,(H2,12,16)(H,13,15). The van der Waals surface area contributed by atoms with Gasteiger partial charge in [-0.25, -0.2) is 9.18 Å². The average Bonchev–Trinajstić information content (AvgIpc) is 2.20. The second kappa shape index (κ2) is 5.41. The van der Waals surface area contributed by atoms with Crippen molar-refractivity contribution in [2.75, 3.05) is 18.9 Å². The Labute approximate surface area is 98.2 Å².